The van der Waals surface area contributed by atoms with Crippen molar-refractivity contribution in [3.05, 3.63) is 47.1 Å². The Bertz CT molecular complexity index is 828. The van der Waals surface area contributed by atoms with E-state index in [1.807, 2.05) is 0 Å². The van der Waals surface area contributed by atoms with Crippen LogP contribution in [-0.2, 0) is 9.53 Å². The van der Waals surface area contributed by atoms with Crippen LogP contribution >= 0.6 is 0 Å². The summed E-state index contributed by atoms with van der Waals surface area (Å²) >= 11 is 0. The van der Waals surface area contributed by atoms with Gasteiger partial charge in [-0.2, -0.15) is 0 Å². The van der Waals surface area contributed by atoms with Gasteiger partial charge in [-0.3, -0.25) is 4.79 Å². The van der Waals surface area contributed by atoms with Gasteiger partial charge >= 0.3 is 5.97 Å². The molecule has 0 aliphatic heterocycles. The van der Waals surface area contributed by atoms with Crippen LogP contribution in [0.2, 0.25) is 0 Å². The summed E-state index contributed by atoms with van der Waals surface area (Å²) < 4.78 is 5.32. The number of carbonyl (C=O) groups excluding carboxylic acids is 1. The van der Waals surface area contributed by atoms with E-state index in [0.717, 1.165) is 31.6 Å². The standard InChI is InChI=1S/C29H42O2/c1-20-10-6-7-13-24(20)23-18-22-12-9-17-29(4)25(14-15-26(22)29)21(2)11-8-16-28(3,19-23)27(30)31-5/h8,11,18,21,25-26H,1,6-7,9-10,12-17,19H2,2-5H3/t21-,25-,26?,28?,29-/m1/s1. The molecule has 4 bridgehead atoms. The molecule has 31 heavy (non-hydrogen) atoms. The predicted molar refractivity (Wildman–Crippen MR) is 129 cm³/mol. The quantitative estimate of drug-likeness (QED) is 0.319. The molecule has 4 rings (SSSR count). The molecule has 4 aliphatic carbocycles. The van der Waals surface area contributed by atoms with Crippen LogP contribution in [-0.4, -0.2) is 13.1 Å². The van der Waals surface area contributed by atoms with Crippen LogP contribution in [0.1, 0.15) is 91.4 Å². The van der Waals surface area contributed by atoms with Gasteiger partial charge in [0.15, 0.2) is 0 Å². The highest BCUT2D eigenvalue weighted by molar-refractivity contribution is 5.77. The summed E-state index contributed by atoms with van der Waals surface area (Å²) in [7, 11) is 1.54. The monoisotopic (exact) mass is 422 g/mol. The Balaban J connectivity index is 1.85. The molecule has 5 atom stereocenters. The van der Waals surface area contributed by atoms with Gasteiger partial charge < -0.3 is 4.74 Å². The van der Waals surface area contributed by atoms with Gasteiger partial charge in [-0.05, 0) is 112 Å². The molecule has 170 valence electrons. The van der Waals surface area contributed by atoms with Crippen molar-refractivity contribution in [1.82, 2.24) is 0 Å². The van der Waals surface area contributed by atoms with Crippen LogP contribution in [0.25, 0.3) is 0 Å². The third-order valence-corrected chi connectivity index (χ3v) is 9.27. The van der Waals surface area contributed by atoms with Crippen LogP contribution in [0.4, 0.5) is 0 Å². The van der Waals surface area contributed by atoms with Crippen molar-refractivity contribution < 1.29 is 9.53 Å². The molecule has 0 amide bonds. The van der Waals surface area contributed by atoms with Crippen LogP contribution in [0.3, 0.4) is 0 Å². The molecule has 3 fully saturated rings. The lowest BCUT2D eigenvalue weighted by molar-refractivity contribution is -0.151. The smallest absolute Gasteiger partial charge is 0.312 e. The maximum Gasteiger partial charge on any atom is 0.312 e. The van der Waals surface area contributed by atoms with Gasteiger partial charge in [-0.1, -0.05) is 49.8 Å². The minimum atomic E-state index is -0.529. The van der Waals surface area contributed by atoms with Gasteiger partial charge in [0, 0.05) is 0 Å². The minimum absolute atomic E-state index is 0.0868. The Morgan fingerprint density at radius 2 is 1.90 bits per heavy atom. The number of esters is 1. The lowest BCUT2D eigenvalue weighted by atomic mass is 9.60. The Morgan fingerprint density at radius 3 is 2.65 bits per heavy atom. The Morgan fingerprint density at radius 1 is 1.13 bits per heavy atom. The minimum Gasteiger partial charge on any atom is -0.469 e. The van der Waals surface area contributed by atoms with Crippen molar-refractivity contribution in [3.8, 4) is 0 Å². The zero-order valence-electron chi connectivity index (χ0n) is 20.3. The molecule has 0 N–H and O–H groups in total. The van der Waals surface area contributed by atoms with E-state index in [1.54, 1.807) is 5.57 Å². The fourth-order valence-electron chi connectivity index (χ4n) is 7.51. The molecule has 0 aromatic carbocycles. The van der Waals surface area contributed by atoms with E-state index in [1.165, 1.54) is 68.8 Å². The van der Waals surface area contributed by atoms with Crippen LogP contribution < -0.4 is 0 Å². The third kappa shape index (κ3) is 4.12. The van der Waals surface area contributed by atoms with E-state index in [2.05, 4.69) is 45.6 Å². The topological polar surface area (TPSA) is 26.3 Å². The number of carbonyl (C=O) groups is 1. The number of ether oxygens (including phenoxy) is 1. The van der Waals surface area contributed by atoms with Crippen LogP contribution in [0, 0.1) is 28.6 Å². The largest absolute Gasteiger partial charge is 0.469 e. The molecule has 3 saturated carbocycles. The summed E-state index contributed by atoms with van der Waals surface area (Å²) in [6.45, 7) is 11.5. The van der Waals surface area contributed by atoms with Crippen molar-refractivity contribution in [2.75, 3.05) is 7.11 Å². The summed E-state index contributed by atoms with van der Waals surface area (Å²) in [6, 6.07) is 0. The number of rotatable bonds is 1. The molecule has 0 aromatic rings. The van der Waals surface area contributed by atoms with Crippen molar-refractivity contribution in [1.29, 1.82) is 0 Å². The van der Waals surface area contributed by atoms with E-state index in [4.69, 9.17) is 4.74 Å². The van der Waals surface area contributed by atoms with Gasteiger partial charge in [-0.25, -0.2) is 0 Å². The van der Waals surface area contributed by atoms with Gasteiger partial charge in [0.2, 0.25) is 0 Å². The van der Waals surface area contributed by atoms with Crippen molar-refractivity contribution >= 4 is 5.97 Å². The first-order chi connectivity index (χ1) is 14.8. The summed E-state index contributed by atoms with van der Waals surface area (Å²) in [5.74, 6) is 1.91. The zero-order valence-corrected chi connectivity index (χ0v) is 20.3. The molecule has 4 aliphatic rings. The summed E-state index contributed by atoms with van der Waals surface area (Å²) in [5, 5.41) is 0. The Kier molecular flexibility index (Phi) is 6.39. The molecule has 2 unspecified atom stereocenters. The SMILES string of the molecule is C=C1CCCCC1=C1C=C2CCC[C@@]3(C)C2CC[C@@H]3[C@H](C)C=CCC(C)(C(=O)OC)C1. The van der Waals surface area contributed by atoms with E-state index < -0.39 is 5.41 Å². The molecule has 0 saturated heterocycles. The van der Waals surface area contributed by atoms with Gasteiger partial charge in [0.1, 0.15) is 0 Å². The number of methoxy groups -OCH3 is 1. The first-order valence-corrected chi connectivity index (χ1v) is 12.6. The molecule has 0 aromatic heterocycles. The summed E-state index contributed by atoms with van der Waals surface area (Å²) in [5.41, 5.74) is 5.65. The van der Waals surface area contributed by atoms with Gasteiger partial charge in [0.05, 0.1) is 12.5 Å². The second-order valence-corrected chi connectivity index (χ2v) is 11.3. The summed E-state index contributed by atoms with van der Waals surface area (Å²) in [6.07, 6.45) is 19.9. The highest BCUT2D eigenvalue weighted by Crippen LogP contribution is 2.60. The first kappa shape index (κ1) is 22.6. The number of hydrogen-bond acceptors (Lipinski definition) is 2. The first-order valence-electron chi connectivity index (χ1n) is 12.6. The molecule has 0 spiro atoms. The lowest BCUT2D eigenvalue weighted by Gasteiger charge is -2.44. The highest BCUT2D eigenvalue weighted by Gasteiger charge is 2.50. The second-order valence-electron chi connectivity index (χ2n) is 11.3. The average Bonchev–Trinajstić information content (AvgIpc) is 3.10. The van der Waals surface area contributed by atoms with E-state index in [0.29, 0.717) is 17.3 Å². The van der Waals surface area contributed by atoms with Gasteiger partial charge in [0.25, 0.3) is 0 Å². The zero-order chi connectivity index (χ0) is 22.2. The number of allylic oxidation sites excluding steroid dienone is 7. The maximum absolute atomic E-state index is 13.0. The molecular formula is C29H42O2. The lowest BCUT2D eigenvalue weighted by Crippen LogP contribution is -2.36. The Labute approximate surface area is 189 Å². The van der Waals surface area contributed by atoms with Crippen molar-refractivity contribution in [2.24, 2.45) is 28.6 Å². The molecule has 2 heteroatoms. The molecule has 0 radical (unpaired) electrons. The predicted octanol–water partition coefficient (Wildman–Crippen LogP) is 7.72. The van der Waals surface area contributed by atoms with Crippen LogP contribution in [0.15, 0.2) is 47.1 Å². The second kappa shape index (κ2) is 8.75. The molecular weight excluding hydrogens is 380 g/mol. The van der Waals surface area contributed by atoms with E-state index in [-0.39, 0.29) is 5.97 Å². The number of hydrogen-bond donors (Lipinski definition) is 0. The average molecular weight is 423 g/mol. The normalized spacial score (nSPS) is 41.2. The maximum atomic E-state index is 13.0. The van der Waals surface area contributed by atoms with Gasteiger partial charge in [-0.15, -0.1) is 0 Å². The Hall–Kier alpha value is -1.57. The van der Waals surface area contributed by atoms with Crippen molar-refractivity contribution in [3.63, 3.8) is 0 Å². The van der Waals surface area contributed by atoms with Crippen molar-refractivity contribution in [2.45, 2.75) is 91.4 Å². The van der Waals surface area contributed by atoms with Crippen LogP contribution in [0.5, 0.6) is 0 Å². The highest BCUT2D eigenvalue weighted by atomic mass is 16.5. The summed E-state index contributed by atoms with van der Waals surface area (Å²) in [4.78, 5) is 13.0. The fraction of sp³-hybridized carbons (Fsp3) is 0.690. The third-order valence-electron chi connectivity index (χ3n) is 9.27. The molecule has 2 nitrogen and oxygen atoms in total. The van der Waals surface area contributed by atoms with E-state index >= 15 is 0 Å². The van der Waals surface area contributed by atoms with E-state index in [9.17, 15) is 4.79 Å². The molecule has 0 heterocycles. The fourth-order valence-corrected chi connectivity index (χ4v) is 7.51.